The fourth-order valence-corrected chi connectivity index (χ4v) is 1.01. The average Bonchev–Trinajstić information content (AvgIpc) is 2.63. The van der Waals surface area contributed by atoms with Gasteiger partial charge in [-0.05, 0) is 6.07 Å². The Hall–Kier alpha value is -1.95. The molecule has 1 amide bonds. The molecule has 0 unspecified atom stereocenters. The lowest BCUT2D eigenvalue weighted by atomic mass is 10.4. The Morgan fingerprint density at radius 3 is 3.23 bits per heavy atom. The summed E-state index contributed by atoms with van der Waals surface area (Å²) in [7, 11) is 0. The minimum atomic E-state index is -0.449. The maximum absolute atomic E-state index is 11.0. The van der Waals surface area contributed by atoms with Gasteiger partial charge in [0.1, 0.15) is 11.2 Å². The third kappa shape index (κ3) is 1.23. The van der Waals surface area contributed by atoms with Crippen molar-refractivity contribution in [2.24, 2.45) is 5.84 Å². The number of hydrazine groups is 1. The first-order valence-electron chi connectivity index (χ1n) is 3.62. The Balaban J connectivity index is 2.54. The second-order valence-corrected chi connectivity index (χ2v) is 2.44. The Labute approximate surface area is 73.1 Å². The van der Waals surface area contributed by atoms with Gasteiger partial charge in [0.2, 0.25) is 0 Å². The van der Waals surface area contributed by atoms with Crippen LogP contribution in [0.15, 0.2) is 18.5 Å². The highest BCUT2D eigenvalue weighted by Crippen LogP contribution is 2.05. The van der Waals surface area contributed by atoms with Crippen molar-refractivity contribution in [1.29, 1.82) is 0 Å². The summed E-state index contributed by atoms with van der Waals surface area (Å²) in [6.45, 7) is 0. The molecule has 2 aromatic heterocycles. The highest BCUT2D eigenvalue weighted by Gasteiger charge is 2.06. The van der Waals surface area contributed by atoms with Gasteiger partial charge in [0.25, 0.3) is 5.91 Å². The highest BCUT2D eigenvalue weighted by molar-refractivity contribution is 5.92. The van der Waals surface area contributed by atoms with Gasteiger partial charge in [-0.2, -0.15) is 0 Å². The van der Waals surface area contributed by atoms with E-state index in [1.54, 1.807) is 12.3 Å². The molecule has 0 aliphatic rings. The van der Waals surface area contributed by atoms with Gasteiger partial charge < -0.3 is 4.98 Å². The van der Waals surface area contributed by atoms with Crippen molar-refractivity contribution in [1.82, 2.24) is 20.4 Å². The van der Waals surface area contributed by atoms with Crippen LogP contribution in [0.3, 0.4) is 0 Å². The molecule has 66 valence electrons. The first-order chi connectivity index (χ1) is 6.31. The molecule has 4 N–H and O–H groups in total. The van der Waals surface area contributed by atoms with Crippen molar-refractivity contribution < 1.29 is 4.79 Å². The van der Waals surface area contributed by atoms with Crippen LogP contribution < -0.4 is 11.3 Å². The molecule has 2 aromatic rings. The smallest absolute Gasteiger partial charge is 0.285 e. The number of nitrogens with one attached hydrogen (secondary N) is 2. The van der Waals surface area contributed by atoms with Gasteiger partial charge in [-0.25, -0.2) is 15.8 Å². The number of fused-ring (bicyclic) bond motifs is 1. The molecule has 0 aromatic carbocycles. The second kappa shape index (κ2) is 2.83. The first-order valence-corrected chi connectivity index (χ1v) is 3.62. The molecule has 2 rings (SSSR count). The fourth-order valence-electron chi connectivity index (χ4n) is 1.01. The number of nitrogens with zero attached hydrogens (tertiary/aromatic N) is 2. The molecule has 0 bridgehead atoms. The number of amides is 1. The van der Waals surface area contributed by atoms with Gasteiger partial charge in [-0.1, -0.05) is 0 Å². The molecule has 0 saturated heterocycles. The van der Waals surface area contributed by atoms with E-state index in [9.17, 15) is 4.79 Å². The number of rotatable bonds is 1. The van der Waals surface area contributed by atoms with Crippen molar-refractivity contribution >= 4 is 17.1 Å². The predicted molar refractivity (Wildman–Crippen MR) is 45.5 cm³/mol. The molecule has 0 fully saturated rings. The van der Waals surface area contributed by atoms with Crippen LogP contribution in [0.2, 0.25) is 0 Å². The largest absolute Gasteiger partial charge is 0.345 e. The van der Waals surface area contributed by atoms with Crippen LogP contribution in [0.4, 0.5) is 0 Å². The Morgan fingerprint density at radius 2 is 2.46 bits per heavy atom. The lowest BCUT2D eigenvalue weighted by Crippen LogP contribution is -2.30. The lowest BCUT2D eigenvalue weighted by Gasteiger charge is -1.96. The molecule has 0 saturated carbocycles. The van der Waals surface area contributed by atoms with E-state index in [4.69, 9.17) is 5.84 Å². The van der Waals surface area contributed by atoms with Gasteiger partial charge in [-0.3, -0.25) is 10.2 Å². The highest BCUT2D eigenvalue weighted by atomic mass is 16.2. The number of hydrogen-bond acceptors (Lipinski definition) is 4. The number of H-pyrrole nitrogens is 1. The van der Waals surface area contributed by atoms with E-state index in [-0.39, 0.29) is 5.69 Å². The van der Waals surface area contributed by atoms with Crippen LogP contribution in [0.1, 0.15) is 10.5 Å². The minimum Gasteiger partial charge on any atom is -0.345 e. The summed E-state index contributed by atoms with van der Waals surface area (Å²) in [6, 6.07) is 1.73. The minimum absolute atomic E-state index is 0.203. The third-order valence-electron chi connectivity index (χ3n) is 1.62. The van der Waals surface area contributed by atoms with Crippen LogP contribution in [0.5, 0.6) is 0 Å². The summed E-state index contributed by atoms with van der Waals surface area (Å²) in [5, 5.41) is 0. The van der Waals surface area contributed by atoms with E-state index in [1.165, 1.54) is 6.20 Å². The van der Waals surface area contributed by atoms with Crippen LogP contribution in [-0.2, 0) is 0 Å². The Bertz CT molecular complexity index is 449. The van der Waals surface area contributed by atoms with E-state index in [2.05, 4.69) is 15.0 Å². The zero-order valence-electron chi connectivity index (χ0n) is 6.61. The van der Waals surface area contributed by atoms with Crippen LogP contribution in [-0.4, -0.2) is 20.9 Å². The van der Waals surface area contributed by atoms with Crippen molar-refractivity contribution in [2.75, 3.05) is 0 Å². The molecular formula is C7H7N5O. The molecule has 0 aliphatic carbocycles. The number of aromatic nitrogens is 3. The standard InChI is InChI=1S/C7H7N5O/c8-12-7(13)5-3-10-6-4(11-5)1-2-9-6/h1-3H,8H2,(H,9,10)(H,12,13). The summed E-state index contributed by atoms with van der Waals surface area (Å²) in [4.78, 5) is 21.9. The normalized spacial score (nSPS) is 10.2. The van der Waals surface area contributed by atoms with Crippen LogP contribution in [0.25, 0.3) is 11.2 Å². The summed E-state index contributed by atoms with van der Waals surface area (Å²) in [6.07, 6.45) is 3.07. The van der Waals surface area contributed by atoms with E-state index >= 15 is 0 Å². The number of hydrogen-bond donors (Lipinski definition) is 3. The molecular weight excluding hydrogens is 170 g/mol. The van der Waals surface area contributed by atoms with Gasteiger partial charge in [0.05, 0.1) is 6.20 Å². The van der Waals surface area contributed by atoms with Crippen molar-refractivity contribution in [3.05, 3.63) is 24.2 Å². The van der Waals surface area contributed by atoms with Crippen LogP contribution >= 0.6 is 0 Å². The van der Waals surface area contributed by atoms with E-state index in [0.717, 1.165) is 0 Å². The monoisotopic (exact) mass is 177 g/mol. The molecule has 0 aliphatic heterocycles. The predicted octanol–water partition coefficient (Wildman–Crippen LogP) is -0.439. The second-order valence-electron chi connectivity index (χ2n) is 2.44. The van der Waals surface area contributed by atoms with Gasteiger partial charge in [-0.15, -0.1) is 0 Å². The van der Waals surface area contributed by atoms with E-state index in [1.807, 2.05) is 5.43 Å². The topological polar surface area (TPSA) is 96.7 Å². The number of carbonyl (C=O) groups is 1. The molecule has 6 nitrogen and oxygen atoms in total. The summed E-state index contributed by atoms with van der Waals surface area (Å²) < 4.78 is 0. The Morgan fingerprint density at radius 1 is 1.62 bits per heavy atom. The first kappa shape index (κ1) is 7.69. The average molecular weight is 177 g/mol. The summed E-state index contributed by atoms with van der Waals surface area (Å²) in [5.41, 5.74) is 3.48. The number of carbonyl (C=O) groups excluding carboxylic acids is 1. The quantitative estimate of drug-likeness (QED) is 0.312. The Kier molecular flexibility index (Phi) is 1.67. The molecule has 0 atom stereocenters. The van der Waals surface area contributed by atoms with Gasteiger partial charge in [0, 0.05) is 6.20 Å². The molecule has 6 heteroatoms. The van der Waals surface area contributed by atoms with Gasteiger partial charge >= 0.3 is 0 Å². The fraction of sp³-hybridized carbons (Fsp3) is 0. The zero-order valence-corrected chi connectivity index (χ0v) is 6.61. The maximum atomic E-state index is 11.0. The number of nitrogens with two attached hydrogens (primary N) is 1. The van der Waals surface area contributed by atoms with Crippen molar-refractivity contribution in [3.8, 4) is 0 Å². The molecule has 2 heterocycles. The zero-order chi connectivity index (χ0) is 9.26. The SMILES string of the molecule is NNC(=O)c1cnc2[nH]ccc2n1. The number of aromatic amines is 1. The third-order valence-corrected chi connectivity index (χ3v) is 1.62. The van der Waals surface area contributed by atoms with Gasteiger partial charge in [0.15, 0.2) is 5.65 Å². The molecule has 0 spiro atoms. The molecule has 13 heavy (non-hydrogen) atoms. The van der Waals surface area contributed by atoms with E-state index < -0.39 is 5.91 Å². The van der Waals surface area contributed by atoms with Crippen molar-refractivity contribution in [3.63, 3.8) is 0 Å². The molecule has 0 radical (unpaired) electrons. The summed E-state index contributed by atoms with van der Waals surface area (Å²) >= 11 is 0. The number of nitrogen functional groups attached to an aromatic ring is 1. The maximum Gasteiger partial charge on any atom is 0.285 e. The van der Waals surface area contributed by atoms with Crippen molar-refractivity contribution in [2.45, 2.75) is 0 Å². The van der Waals surface area contributed by atoms with E-state index in [0.29, 0.717) is 11.2 Å². The van der Waals surface area contributed by atoms with Crippen LogP contribution in [0, 0.1) is 0 Å². The summed E-state index contributed by atoms with van der Waals surface area (Å²) in [5.74, 6) is 4.50. The lowest BCUT2D eigenvalue weighted by molar-refractivity contribution is 0.0948.